The second-order valence-corrected chi connectivity index (χ2v) is 4.30. The van der Waals surface area contributed by atoms with E-state index < -0.39 is 30.2 Å². The predicted molar refractivity (Wildman–Crippen MR) is 63.3 cm³/mol. The fourth-order valence-corrected chi connectivity index (χ4v) is 1.30. The minimum absolute atomic E-state index is 0.0422. The molecule has 2 amide bonds. The topological polar surface area (TPSA) is 136 Å². The van der Waals surface area contributed by atoms with Crippen molar-refractivity contribution < 1.29 is 24.0 Å². The van der Waals surface area contributed by atoms with Crippen LogP contribution in [0.15, 0.2) is 10.6 Å². The van der Waals surface area contributed by atoms with Gasteiger partial charge in [0.1, 0.15) is 11.8 Å². The van der Waals surface area contributed by atoms with Crippen molar-refractivity contribution >= 4 is 17.8 Å². The standard InChI is InChI=1S/C11H15N3O5/c1-5(2)8-3-6(14-19-8)10(16)13-7(11(17)18)4-9(12)15/h3,5,7H,4H2,1-2H3,(H2,12,15)(H,13,16)(H,17,18)/t7-/m0/s1. The summed E-state index contributed by atoms with van der Waals surface area (Å²) in [6.45, 7) is 3.71. The van der Waals surface area contributed by atoms with Gasteiger partial charge >= 0.3 is 5.97 Å². The van der Waals surface area contributed by atoms with Crippen molar-refractivity contribution in [2.75, 3.05) is 0 Å². The van der Waals surface area contributed by atoms with Crippen molar-refractivity contribution in [3.8, 4) is 0 Å². The molecule has 1 aromatic heterocycles. The van der Waals surface area contributed by atoms with Crippen LogP contribution in [0, 0.1) is 0 Å². The SMILES string of the molecule is CC(C)c1cc(C(=O)N[C@@H](CC(N)=O)C(=O)O)no1. The minimum atomic E-state index is -1.39. The largest absolute Gasteiger partial charge is 0.480 e. The third-order valence-electron chi connectivity index (χ3n) is 2.34. The maximum Gasteiger partial charge on any atom is 0.326 e. The summed E-state index contributed by atoms with van der Waals surface area (Å²) in [5, 5.41) is 14.5. The molecule has 0 saturated heterocycles. The van der Waals surface area contributed by atoms with E-state index in [0.29, 0.717) is 5.76 Å². The van der Waals surface area contributed by atoms with Gasteiger partial charge in [-0.25, -0.2) is 4.79 Å². The molecule has 0 spiro atoms. The van der Waals surface area contributed by atoms with Gasteiger partial charge in [0.25, 0.3) is 5.91 Å². The Kier molecular flexibility index (Phi) is 4.62. The van der Waals surface area contributed by atoms with Crippen LogP contribution in [0.1, 0.15) is 42.4 Å². The zero-order valence-corrected chi connectivity index (χ0v) is 10.5. The first-order valence-electron chi connectivity index (χ1n) is 5.59. The van der Waals surface area contributed by atoms with Crippen molar-refractivity contribution in [1.29, 1.82) is 0 Å². The van der Waals surface area contributed by atoms with Gasteiger partial charge in [0.15, 0.2) is 5.69 Å². The summed E-state index contributed by atoms with van der Waals surface area (Å²) in [6.07, 6.45) is -0.490. The van der Waals surface area contributed by atoms with E-state index in [4.69, 9.17) is 15.4 Å². The molecule has 0 bridgehead atoms. The number of carboxylic acid groups (broad SMARTS) is 1. The highest BCUT2D eigenvalue weighted by atomic mass is 16.5. The number of aromatic nitrogens is 1. The zero-order chi connectivity index (χ0) is 14.6. The second kappa shape index (κ2) is 5.98. The third kappa shape index (κ3) is 4.09. The predicted octanol–water partition coefficient (Wildman–Crippen LogP) is -0.144. The van der Waals surface area contributed by atoms with Crippen molar-refractivity contribution in [3.05, 3.63) is 17.5 Å². The molecule has 0 saturated carbocycles. The van der Waals surface area contributed by atoms with Gasteiger partial charge < -0.3 is 20.7 Å². The maximum absolute atomic E-state index is 11.7. The summed E-state index contributed by atoms with van der Waals surface area (Å²) in [6, 6.07) is 0.0348. The van der Waals surface area contributed by atoms with Gasteiger partial charge in [0, 0.05) is 12.0 Å². The van der Waals surface area contributed by atoms with Gasteiger partial charge in [-0.15, -0.1) is 0 Å². The molecular formula is C11H15N3O5. The molecule has 0 aliphatic rings. The number of primary amides is 1. The first kappa shape index (κ1) is 14.7. The fourth-order valence-electron chi connectivity index (χ4n) is 1.30. The molecule has 1 atom stereocenters. The maximum atomic E-state index is 11.7. The van der Waals surface area contributed by atoms with E-state index in [1.54, 1.807) is 0 Å². The van der Waals surface area contributed by atoms with Crippen LogP contribution in [0.5, 0.6) is 0 Å². The van der Waals surface area contributed by atoms with Gasteiger partial charge in [-0.3, -0.25) is 9.59 Å². The second-order valence-electron chi connectivity index (χ2n) is 4.30. The first-order chi connectivity index (χ1) is 8.81. The molecule has 19 heavy (non-hydrogen) atoms. The van der Waals surface area contributed by atoms with Gasteiger partial charge in [0.05, 0.1) is 6.42 Å². The number of nitrogens with zero attached hydrogens (tertiary/aromatic N) is 1. The zero-order valence-electron chi connectivity index (χ0n) is 10.5. The summed E-state index contributed by atoms with van der Waals surface area (Å²) in [5.41, 5.74) is 4.86. The van der Waals surface area contributed by atoms with E-state index in [1.165, 1.54) is 6.07 Å². The Labute approximate surface area is 108 Å². The quantitative estimate of drug-likeness (QED) is 0.657. The highest BCUT2D eigenvalue weighted by molar-refractivity contribution is 5.96. The lowest BCUT2D eigenvalue weighted by molar-refractivity contribution is -0.140. The molecule has 0 fully saturated rings. The molecule has 0 aromatic carbocycles. The number of nitrogens with one attached hydrogen (secondary N) is 1. The molecule has 4 N–H and O–H groups in total. The van der Waals surface area contributed by atoms with Gasteiger partial charge in [-0.05, 0) is 0 Å². The molecule has 1 aromatic rings. The van der Waals surface area contributed by atoms with Gasteiger partial charge in [0.2, 0.25) is 5.91 Å². The lowest BCUT2D eigenvalue weighted by Crippen LogP contribution is -2.43. The summed E-state index contributed by atoms with van der Waals surface area (Å²) in [4.78, 5) is 33.3. The Hall–Kier alpha value is -2.38. The van der Waals surface area contributed by atoms with Crippen LogP contribution < -0.4 is 11.1 Å². The average molecular weight is 269 g/mol. The average Bonchev–Trinajstić information content (AvgIpc) is 2.76. The molecule has 0 unspecified atom stereocenters. The molecular weight excluding hydrogens is 254 g/mol. The van der Waals surface area contributed by atoms with E-state index >= 15 is 0 Å². The fraction of sp³-hybridized carbons (Fsp3) is 0.455. The lowest BCUT2D eigenvalue weighted by Gasteiger charge is -2.11. The molecule has 0 aliphatic carbocycles. The molecule has 0 radical (unpaired) electrons. The lowest BCUT2D eigenvalue weighted by atomic mass is 10.1. The van der Waals surface area contributed by atoms with Crippen LogP contribution in [0.3, 0.4) is 0 Å². The molecule has 1 rings (SSSR count). The Bertz CT molecular complexity index is 494. The molecule has 104 valence electrons. The molecule has 0 aliphatic heterocycles. The highest BCUT2D eigenvalue weighted by Gasteiger charge is 2.24. The molecule has 8 nitrogen and oxygen atoms in total. The van der Waals surface area contributed by atoms with Gasteiger partial charge in [-0.1, -0.05) is 19.0 Å². The van der Waals surface area contributed by atoms with Crippen molar-refractivity contribution in [1.82, 2.24) is 10.5 Å². The van der Waals surface area contributed by atoms with Gasteiger partial charge in [-0.2, -0.15) is 0 Å². The van der Waals surface area contributed by atoms with Crippen molar-refractivity contribution in [3.63, 3.8) is 0 Å². The van der Waals surface area contributed by atoms with E-state index in [1.807, 2.05) is 13.8 Å². The summed E-state index contributed by atoms with van der Waals surface area (Å²) < 4.78 is 4.92. The van der Waals surface area contributed by atoms with E-state index in [2.05, 4.69) is 10.5 Å². The number of nitrogens with two attached hydrogens (primary N) is 1. The molecule has 8 heteroatoms. The Morgan fingerprint density at radius 1 is 1.47 bits per heavy atom. The third-order valence-corrected chi connectivity index (χ3v) is 2.34. The van der Waals surface area contributed by atoms with Crippen LogP contribution >= 0.6 is 0 Å². The summed E-state index contributed by atoms with van der Waals surface area (Å²) in [5.74, 6) is -2.35. The molecule has 1 heterocycles. The Balaban J connectivity index is 2.75. The minimum Gasteiger partial charge on any atom is -0.480 e. The monoisotopic (exact) mass is 269 g/mol. The normalized spacial score (nSPS) is 12.2. The number of amides is 2. The number of aliphatic carboxylic acids is 1. The van der Waals surface area contributed by atoms with Crippen LogP contribution in [-0.4, -0.2) is 34.1 Å². The first-order valence-corrected chi connectivity index (χ1v) is 5.59. The summed E-state index contributed by atoms with van der Waals surface area (Å²) in [7, 11) is 0. The highest BCUT2D eigenvalue weighted by Crippen LogP contribution is 2.15. The van der Waals surface area contributed by atoms with Crippen molar-refractivity contribution in [2.45, 2.75) is 32.2 Å². The summed E-state index contributed by atoms with van der Waals surface area (Å²) >= 11 is 0. The van der Waals surface area contributed by atoms with Crippen molar-refractivity contribution in [2.24, 2.45) is 5.73 Å². The van der Waals surface area contributed by atoms with E-state index in [-0.39, 0.29) is 11.6 Å². The smallest absolute Gasteiger partial charge is 0.326 e. The number of carboxylic acids is 1. The van der Waals surface area contributed by atoms with E-state index in [9.17, 15) is 14.4 Å². The Morgan fingerprint density at radius 3 is 2.53 bits per heavy atom. The Morgan fingerprint density at radius 2 is 2.11 bits per heavy atom. The number of carbonyl (C=O) groups is 3. The van der Waals surface area contributed by atoms with E-state index in [0.717, 1.165) is 0 Å². The number of hydrogen-bond donors (Lipinski definition) is 3. The van der Waals surface area contributed by atoms with Crippen LogP contribution in [0.25, 0.3) is 0 Å². The van der Waals surface area contributed by atoms with Crippen LogP contribution in [0.4, 0.5) is 0 Å². The van der Waals surface area contributed by atoms with Crippen LogP contribution in [-0.2, 0) is 9.59 Å². The van der Waals surface area contributed by atoms with Crippen LogP contribution in [0.2, 0.25) is 0 Å². The number of rotatable bonds is 6. The number of hydrogen-bond acceptors (Lipinski definition) is 5. The number of carbonyl (C=O) groups excluding carboxylic acids is 2.